The van der Waals surface area contributed by atoms with Gasteiger partial charge in [0.05, 0.1) is 40.3 Å². The molecule has 0 aliphatic heterocycles. The Kier molecular flexibility index (Phi) is 8.25. The third kappa shape index (κ3) is 5.94. The van der Waals surface area contributed by atoms with Gasteiger partial charge >= 0.3 is 0 Å². The molecule has 180 valence electrons. The van der Waals surface area contributed by atoms with E-state index in [-0.39, 0.29) is 29.0 Å². The van der Waals surface area contributed by atoms with Gasteiger partial charge in [-0.2, -0.15) is 8.75 Å². The third-order valence-electron chi connectivity index (χ3n) is 5.42. The van der Waals surface area contributed by atoms with Gasteiger partial charge in [-0.3, -0.25) is 13.3 Å². The average Bonchev–Trinajstić information content (AvgIpc) is 3.32. The van der Waals surface area contributed by atoms with Crippen molar-refractivity contribution in [3.05, 3.63) is 107 Å². The summed E-state index contributed by atoms with van der Waals surface area (Å²) in [6.07, 6.45) is 0.391. The number of nitrogens with zero attached hydrogens (tertiary/aromatic N) is 3. The molecule has 1 amide bonds. The van der Waals surface area contributed by atoms with Gasteiger partial charge in [-0.1, -0.05) is 66.7 Å². The second kappa shape index (κ2) is 11.5. The molecule has 4 rings (SSSR count). The first-order chi connectivity index (χ1) is 17.0. The Labute approximate surface area is 215 Å². The van der Waals surface area contributed by atoms with Crippen LogP contribution in [0, 0.1) is 0 Å². The van der Waals surface area contributed by atoms with Crippen LogP contribution in [0.4, 0.5) is 11.5 Å². The largest absolute Gasteiger partial charge is 0.755 e. The number of nitrogens with one attached hydrogen (secondary N) is 1. The van der Waals surface area contributed by atoms with Crippen LogP contribution in [0.25, 0.3) is 0 Å². The van der Waals surface area contributed by atoms with E-state index in [0.29, 0.717) is 17.7 Å². The fourth-order valence-electron chi connectivity index (χ4n) is 3.64. The zero-order valence-electron chi connectivity index (χ0n) is 18.8. The molecule has 1 heterocycles. The molecule has 1 N–H and O–H groups in total. The van der Waals surface area contributed by atoms with E-state index in [4.69, 9.17) is 11.6 Å². The number of aromatic nitrogens is 2. The molecular weight excluding hydrogens is 504 g/mol. The zero-order valence-corrected chi connectivity index (χ0v) is 21.1. The molecule has 0 aliphatic carbocycles. The van der Waals surface area contributed by atoms with E-state index < -0.39 is 17.2 Å². The number of hydrogen-bond acceptors (Lipinski definition) is 6. The normalized spacial score (nSPS) is 12.7. The number of halogens is 1. The molecule has 35 heavy (non-hydrogen) atoms. The topological polar surface area (TPSA) is 98.2 Å². The van der Waals surface area contributed by atoms with Crippen molar-refractivity contribution in [1.82, 2.24) is 14.1 Å². The SMILES string of the molecule is CC(NC(=O)c1ccc(CCl)cc1N(c1nsnc1Cc1ccccc1)S(=O)[O-])c1ccccc1. The Bertz CT molecular complexity index is 1320. The van der Waals surface area contributed by atoms with Gasteiger partial charge in [0.2, 0.25) is 0 Å². The molecule has 0 spiro atoms. The number of amides is 1. The number of carbonyl (C=O) groups is 1. The number of alkyl halides is 1. The van der Waals surface area contributed by atoms with Gasteiger partial charge in [0.25, 0.3) is 5.91 Å². The van der Waals surface area contributed by atoms with Crippen LogP contribution in [-0.4, -0.2) is 23.4 Å². The molecular formula is C25H22ClN4O3S2-. The van der Waals surface area contributed by atoms with Crippen molar-refractivity contribution in [3.63, 3.8) is 0 Å². The zero-order chi connectivity index (χ0) is 24.8. The molecule has 0 saturated carbocycles. The molecule has 0 fully saturated rings. The first-order valence-corrected chi connectivity index (χ1v) is 13.1. The van der Waals surface area contributed by atoms with Crippen LogP contribution in [0.2, 0.25) is 0 Å². The smallest absolute Gasteiger partial charge is 0.253 e. The van der Waals surface area contributed by atoms with Crippen LogP contribution < -0.4 is 9.62 Å². The summed E-state index contributed by atoms with van der Waals surface area (Å²) in [6, 6.07) is 23.7. The van der Waals surface area contributed by atoms with E-state index in [2.05, 4.69) is 14.1 Å². The Morgan fingerprint density at radius 3 is 2.40 bits per heavy atom. The molecule has 7 nitrogen and oxygen atoms in total. The van der Waals surface area contributed by atoms with Crippen LogP contribution >= 0.6 is 23.3 Å². The minimum absolute atomic E-state index is 0.154. The van der Waals surface area contributed by atoms with Crippen LogP contribution in [0.15, 0.2) is 78.9 Å². The van der Waals surface area contributed by atoms with Gasteiger partial charge in [-0.15, -0.1) is 11.6 Å². The first-order valence-electron chi connectivity index (χ1n) is 10.8. The lowest BCUT2D eigenvalue weighted by atomic mass is 10.1. The summed E-state index contributed by atoms with van der Waals surface area (Å²) in [6.45, 7) is 1.87. The van der Waals surface area contributed by atoms with Gasteiger partial charge in [-0.05, 0) is 35.7 Å². The van der Waals surface area contributed by atoms with E-state index in [0.717, 1.165) is 27.2 Å². The molecule has 0 radical (unpaired) electrons. The summed E-state index contributed by atoms with van der Waals surface area (Å²) >= 11 is 4.19. The van der Waals surface area contributed by atoms with Crippen molar-refractivity contribution in [2.75, 3.05) is 4.31 Å². The van der Waals surface area contributed by atoms with Gasteiger partial charge in [0.1, 0.15) is 5.69 Å². The van der Waals surface area contributed by atoms with Crippen molar-refractivity contribution in [3.8, 4) is 0 Å². The van der Waals surface area contributed by atoms with E-state index in [1.54, 1.807) is 18.2 Å². The third-order valence-corrected chi connectivity index (χ3v) is 6.95. The van der Waals surface area contributed by atoms with Gasteiger partial charge in [-0.25, -0.2) is 0 Å². The maximum Gasteiger partial charge on any atom is 0.253 e. The molecule has 0 aliphatic rings. The van der Waals surface area contributed by atoms with Gasteiger partial charge < -0.3 is 9.87 Å². The Hall–Kier alpha value is -3.11. The van der Waals surface area contributed by atoms with Gasteiger partial charge in [0, 0.05) is 12.3 Å². The predicted molar refractivity (Wildman–Crippen MR) is 139 cm³/mol. The lowest BCUT2D eigenvalue weighted by Gasteiger charge is -2.27. The highest BCUT2D eigenvalue weighted by molar-refractivity contribution is 7.81. The number of hydrogen-bond donors (Lipinski definition) is 1. The molecule has 10 heteroatoms. The number of rotatable bonds is 9. The van der Waals surface area contributed by atoms with E-state index in [1.165, 1.54) is 0 Å². The summed E-state index contributed by atoms with van der Waals surface area (Å²) in [5.74, 6) is -0.106. The van der Waals surface area contributed by atoms with Crippen LogP contribution in [0.1, 0.15) is 45.7 Å². The minimum Gasteiger partial charge on any atom is -0.755 e. The average molecular weight is 526 g/mol. The van der Waals surface area contributed by atoms with Gasteiger partial charge in [0.15, 0.2) is 5.82 Å². The quantitative estimate of drug-likeness (QED) is 0.236. The van der Waals surface area contributed by atoms with Crippen molar-refractivity contribution < 1.29 is 13.6 Å². The fraction of sp³-hybridized carbons (Fsp3) is 0.160. The van der Waals surface area contributed by atoms with Crippen molar-refractivity contribution in [1.29, 1.82) is 0 Å². The number of carbonyl (C=O) groups excluding carboxylic acids is 1. The van der Waals surface area contributed by atoms with Crippen LogP contribution in [0.3, 0.4) is 0 Å². The lowest BCUT2D eigenvalue weighted by Crippen LogP contribution is -2.30. The van der Waals surface area contributed by atoms with Crippen molar-refractivity contribution in [2.24, 2.45) is 0 Å². The van der Waals surface area contributed by atoms with Crippen LogP contribution in [0.5, 0.6) is 0 Å². The highest BCUT2D eigenvalue weighted by atomic mass is 35.5. The molecule has 3 aromatic carbocycles. The van der Waals surface area contributed by atoms with Crippen molar-refractivity contribution >= 4 is 52.0 Å². The second-order valence-electron chi connectivity index (χ2n) is 7.80. The van der Waals surface area contributed by atoms with Crippen molar-refractivity contribution in [2.45, 2.75) is 25.3 Å². The fourth-order valence-corrected chi connectivity index (χ4v) is 5.01. The lowest BCUT2D eigenvalue weighted by molar-refractivity contribution is 0.0940. The molecule has 0 bridgehead atoms. The molecule has 2 atom stereocenters. The summed E-state index contributed by atoms with van der Waals surface area (Å²) in [5.41, 5.74) is 3.39. The summed E-state index contributed by atoms with van der Waals surface area (Å²) in [4.78, 5) is 13.3. The minimum atomic E-state index is -2.77. The standard InChI is InChI=1S/C25H23ClN4O3S2/c1-17(20-10-6-3-7-11-20)27-25(31)21-13-12-19(16-26)15-23(21)30(35(32)33)24-22(28-34-29-24)14-18-8-4-2-5-9-18/h2-13,15,17H,14,16H2,1H3,(H,27,31)(H,32,33)/p-1. The predicted octanol–water partition coefficient (Wildman–Crippen LogP) is 5.29. The first kappa shape index (κ1) is 25.0. The number of benzene rings is 3. The summed E-state index contributed by atoms with van der Waals surface area (Å²) < 4.78 is 34.7. The van der Waals surface area contributed by atoms with E-state index in [1.807, 2.05) is 67.6 Å². The van der Waals surface area contributed by atoms with Crippen LogP contribution in [-0.2, 0) is 23.6 Å². The molecule has 2 unspecified atom stereocenters. The molecule has 4 aromatic rings. The maximum atomic E-state index is 13.3. The van der Waals surface area contributed by atoms with E-state index in [9.17, 15) is 13.6 Å². The Balaban J connectivity index is 1.72. The monoisotopic (exact) mass is 525 g/mol. The molecule has 0 saturated heterocycles. The summed E-state index contributed by atoms with van der Waals surface area (Å²) in [7, 11) is 0. The molecule has 1 aromatic heterocycles. The second-order valence-corrected chi connectivity index (χ2v) is 9.39. The highest BCUT2D eigenvalue weighted by Crippen LogP contribution is 2.34. The maximum absolute atomic E-state index is 13.3. The summed E-state index contributed by atoms with van der Waals surface area (Å²) in [5, 5.41) is 2.95. The highest BCUT2D eigenvalue weighted by Gasteiger charge is 2.25. The Morgan fingerprint density at radius 2 is 1.74 bits per heavy atom. The number of anilines is 2. The Morgan fingerprint density at radius 1 is 1.06 bits per heavy atom. The van der Waals surface area contributed by atoms with E-state index >= 15 is 0 Å².